The number of halogens is 1. The number of hydrogen-bond donors (Lipinski definition) is 0. The third-order valence-electron chi connectivity index (χ3n) is 2.15. The highest BCUT2D eigenvalue weighted by Gasteiger charge is 2.16. The third-order valence-corrected chi connectivity index (χ3v) is 2.15. The maximum absolute atomic E-state index is 13.4. The van der Waals surface area contributed by atoms with Gasteiger partial charge in [-0.15, -0.1) is 0 Å². The van der Waals surface area contributed by atoms with Gasteiger partial charge in [0.2, 0.25) is 0 Å². The molecule has 1 aromatic carbocycles. The largest absolute Gasteiger partial charge is 0.493 e. The first kappa shape index (κ1) is 10.4. The molecule has 0 aliphatic carbocycles. The van der Waals surface area contributed by atoms with Gasteiger partial charge in [0, 0.05) is 5.56 Å². The van der Waals surface area contributed by atoms with Crippen molar-refractivity contribution in [2.24, 2.45) is 0 Å². The van der Waals surface area contributed by atoms with Crippen molar-refractivity contribution in [1.82, 2.24) is 5.16 Å². The van der Waals surface area contributed by atoms with E-state index in [1.807, 2.05) is 0 Å². The second-order valence-electron chi connectivity index (χ2n) is 3.06. The number of methoxy groups -OCH3 is 1. The molecule has 0 aliphatic heterocycles. The number of hydrogen-bond acceptors (Lipinski definition) is 4. The summed E-state index contributed by atoms with van der Waals surface area (Å²) in [7, 11) is 1.35. The highest BCUT2D eigenvalue weighted by Crippen LogP contribution is 2.32. The van der Waals surface area contributed by atoms with E-state index in [9.17, 15) is 9.18 Å². The number of nitrogens with zero attached hydrogens (tertiary/aromatic N) is 1. The first-order valence-corrected chi connectivity index (χ1v) is 4.50. The van der Waals surface area contributed by atoms with E-state index in [0.29, 0.717) is 11.8 Å². The Hall–Kier alpha value is -2.17. The van der Waals surface area contributed by atoms with Crippen LogP contribution >= 0.6 is 0 Å². The average Bonchev–Trinajstić information content (AvgIpc) is 2.76. The summed E-state index contributed by atoms with van der Waals surface area (Å²) in [6.07, 6.45) is 1.79. The molecule has 0 radical (unpaired) electrons. The number of rotatable bonds is 3. The number of para-hydroxylation sites is 1. The molecule has 16 heavy (non-hydrogen) atoms. The average molecular weight is 221 g/mol. The number of carbonyl (C=O) groups excluding carboxylic acids is 1. The van der Waals surface area contributed by atoms with Gasteiger partial charge in [0.05, 0.1) is 12.7 Å². The molecule has 0 amide bonds. The smallest absolute Gasteiger partial charge is 0.165 e. The zero-order chi connectivity index (χ0) is 11.5. The minimum Gasteiger partial charge on any atom is -0.493 e. The van der Waals surface area contributed by atoms with Crippen LogP contribution in [0.5, 0.6) is 5.75 Å². The standard InChI is InChI=1S/C11H8FNO3/c1-15-11-8(3-2-4-9(11)12)10-7(5-14)6-16-13-10/h2-6H,1H3. The predicted octanol–water partition coefficient (Wildman–Crippen LogP) is 2.30. The summed E-state index contributed by atoms with van der Waals surface area (Å²) in [5.41, 5.74) is 0.911. The van der Waals surface area contributed by atoms with E-state index in [-0.39, 0.29) is 17.0 Å². The second kappa shape index (κ2) is 4.14. The van der Waals surface area contributed by atoms with E-state index in [2.05, 4.69) is 9.68 Å². The fraction of sp³-hybridized carbons (Fsp3) is 0.0909. The van der Waals surface area contributed by atoms with Crippen molar-refractivity contribution in [2.75, 3.05) is 7.11 Å². The Morgan fingerprint density at radius 2 is 2.31 bits per heavy atom. The molecule has 0 atom stereocenters. The zero-order valence-electron chi connectivity index (χ0n) is 8.44. The normalized spacial score (nSPS) is 10.1. The van der Waals surface area contributed by atoms with Crippen LogP contribution in [0.4, 0.5) is 4.39 Å². The monoisotopic (exact) mass is 221 g/mol. The minimum absolute atomic E-state index is 0.0412. The first-order chi connectivity index (χ1) is 7.77. The van der Waals surface area contributed by atoms with E-state index in [0.717, 1.165) is 0 Å². The number of aromatic nitrogens is 1. The van der Waals surface area contributed by atoms with Crippen molar-refractivity contribution in [2.45, 2.75) is 0 Å². The van der Waals surface area contributed by atoms with Gasteiger partial charge in [-0.05, 0) is 12.1 Å². The Bertz CT molecular complexity index is 522. The minimum atomic E-state index is -0.514. The Morgan fingerprint density at radius 3 is 3.00 bits per heavy atom. The molecule has 4 nitrogen and oxygen atoms in total. The Balaban J connectivity index is 2.64. The number of aldehydes is 1. The SMILES string of the molecule is COc1c(F)cccc1-c1nocc1C=O. The van der Waals surface area contributed by atoms with Crippen LogP contribution in [0.3, 0.4) is 0 Å². The van der Waals surface area contributed by atoms with Gasteiger partial charge in [-0.25, -0.2) is 4.39 Å². The fourth-order valence-corrected chi connectivity index (χ4v) is 1.44. The Labute approximate surface area is 90.6 Å². The van der Waals surface area contributed by atoms with Gasteiger partial charge in [0.25, 0.3) is 0 Å². The molecule has 5 heteroatoms. The second-order valence-corrected chi connectivity index (χ2v) is 3.06. The van der Waals surface area contributed by atoms with Crippen molar-refractivity contribution in [3.8, 4) is 17.0 Å². The lowest BCUT2D eigenvalue weighted by molar-refractivity contribution is 0.112. The van der Waals surface area contributed by atoms with Gasteiger partial charge in [0.1, 0.15) is 12.0 Å². The van der Waals surface area contributed by atoms with E-state index < -0.39 is 5.82 Å². The molecule has 0 fully saturated rings. The molecule has 0 unspecified atom stereocenters. The molecule has 1 heterocycles. The molecule has 0 spiro atoms. The van der Waals surface area contributed by atoms with E-state index >= 15 is 0 Å². The molecule has 0 saturated carbocycles. The number of carbonyl (C=O) groups is 1. The number of ether oxygens (including phenoxy) is 1. The molecule has 82 valence electrons. The van der Waals surface area contributed by atoms with Gasteiger partial charge in [0.15, 0.2) is 17.9 Å². The summed E-state index contributed by atoms with van der Waals surface area (Å²) >= 11 is 0. The van der Waals surface area contributed by atoms with Crippen molar-refractivity contribution in [1.29, 1.82) is 0 Å². The lowest BCUT2D eigenvalue weighted by Gasteiger charge is -2.06. The molecular formula is C11H8FNO3. The predicted molar refractivity (Wildman–Crippen MR) is 53.8 cm³/mol. The molecule has 0 N–H and O–H groups in total. The van der Waals surface area contributed by atoms with Crippen LogP contribution in [-0.4, -0.2) is 18.6 Å². The zero-order valence-corrected chi connectivity index (χ0v) is 8.44. The summed E-state index contributed by atoms with van der Waals surface area (Å²) in [5, 5.41) is 3.65. The van der Waals surface area contributed by atoms with Crippen molar-refractivity contribution in [3.05, 3.63) is 35.8 Å². The van der Waals surface area contributed by atoms with Gasteiger partial charge < -0.3 is 9.26 Å². The maximum atomic E-state index is 13.4. The molecule has 2 rings (SSSR count). The van der Waals surface area contributed by atoms with Crippen LogP contribution in [0.2, 0.25) is 0 Å². The fourth-order valence-electron chi connectivity index (χ4n) is 1.44. The van der Waals surface area contributed by atoms with E-state index in [1.165, 1.54) is 25.5 Å². The maximum Gasteiger partial charge on any atom is 0.165 e. The molecule has 0 aliphatic rings. The van der Waals surface area contributed by atoms with Crippen LogP contribution in [0.1, 0.15) is 10.4 Å². The van der Waals surface area contributed by atoms with Crippen molar-refractivity contribution >= 4 is 6.29 Å². The topological polar surface area (TPSA) is 52.3 Å². The highest BCUT2D eigenvalue weighted by molar-refractivity contribution is 5.86. The third kappa shape index (κ3) is 1.56. The van der Waals surface area contributed by atoms with Crippen LogP contribution in [0.25, 0.3) is 11.3 Å². The van der Waals surface area contributed by atoms with Gasteiger partial charge in [-0.1, -0.05) is 11.2 Å². The van der Waals surface area contributed by atoms with Crippen LogP contribution in [0.15, 0.2) is 29.0 Å². The van der Waals surface area contributed by atoms with Gasteiger partial charge in [-0.3, -0.25) is 4.79 Å². The van der Waals surface area contributed by atoms with Crippen molar-refractivity contribution < 1.29 is 18.4 Å². The van der Waals surface area contributed by atoms with Crippen LogP contribution < -0.4 is 4.74 Å². The molecule has 0 saturated heterocycles. The Morgan fingerprint density at radius 1 is 1.50 bits per heavy atom. The summed E-state index contributed by atoms with van der Waals surface area (Å²) in [5.74, 6) is -0.473. The molecule has 0 bridgehead atoms. The Kier molecular flexibility index (Phi) is 2.68. The molecular weight excluding hydrogens is 213 g/mol. The summed E-state index contributed by atoms with van der Waals surface area (Å²) in [4.78, 5) is 10.7. The quantitative estimate of drug-likeness (QED) is 0.746. The lowest BCUT2D eigenvalue weighted by atomic mass is 10.1. The lowest BCUT2D eigenvalue weighted by Crippen LogP contribution is -1.93. The van der Waals surface area contributed by atoms with Crippen LogP contribution in [0, 0.1) is 5.82 Å². The van der Waals surface area contributed by atoms with E-state index in [4.69, 9.17) is 4.74 Å². The van der Waals surface area contributed by atoms with Crippen LogP contribution in [-0.2, 0) is 0 Å². The van der Waals surface area contributed by atoms with Gasteiger partial charge >= 0.3 is 0 Å². The highest BCUT2D eigenvalue weighted by atomic mass is 19.1. The summed E-state index contributed by atoms with van der Waals surface area (Å²) < 4.78 is 23.0. The molecule has 1 aromatic heterocycles. The number of benzene rings is 1. The summed E-state index contributed by atoms with van der Waals surface area (Å²) in [6.45, 7) is 0. The van der Waals surface area contributed by atoms with E-state index in [1.54, 1.807) is 6.07 Å². The first-order valence-electron chi connectivity index (χ1n) is 4.50. The molecule has 2 aromatic rings. The van der Waals surface area contributed by atoms with Gasteiger partial charge in [-0.2, -0.15) is 0 Å². The van der Waals surface area contributed by atoms with Crippen molar-refractivity contribution in [3.63, 3.8) is 0 Å². The summed E-state index contributed by atoms with van der Waals surface area (Å²) in [6, 6.07) is 4.38.